The standard InChI is InChI=1S/C18H18ClN3/c19-18-10-16(7-6-15(18)11-20)22(17-8-9-21-12-17)13-14-4-2-1-3-5-14/h1-7,10,17,21H,8-9,12-13H2/t17-/m0/s1. The maximum Gasteiger partial charge on any atom is 0.101 e. The van der Waals surface area contributed by atoms with E-state index in [9.17, 15) is 0 Å². The summed E-state index contributed by atoms with van der Waals surface area (Å²) in [4.78, 5) is 2.38. The second-order valence-corrected chi connectivity index (χ2v) is 5.94. The van der Waals surface area contributed by atoms with Crippen molar-refractivity contribution in [3.8, 4) is 6.07 Å². The van der Waals surface area contributed by atoms with Crippen LogP contribution in [-0.4, -0.2) is 19.1 Å². The summed E-state index contributed by atoms with van der Waals surface area (Å²) in [5.74, 6) is 0. The number of halogens is 1. The van der Waals surface area contributed by atoms with Crippen LogP contribution in [0.4, 0.5) is 5.69 Å². The fourth-order valence-corrected chi connectivity index (χ4v) is 3.11. The van der Waals surface area contributed by atoms with Crippen LogP contribution in [0.3, 0.4) is 0 Å². The van der Waals surface area contributed by atoms with Gasteiger partial charge in [0.25, 0.3) is 0 Å². The van der Waals surface area contributed by atoms with E-state index in [2.05, 4.69) is 40.6 Å². The molecule has 4 heteroatoms. The minimum absolute atomic E-state index is 0.448. The molecule has 22 heavy (non-hydrogen) atoms. The van der Waals surface area contributed by atoms with Gasteiger partial charge in [-0.15, -0.1) is 0 Å². The Morgan fingerprint density at radius 2 is 2.05 bits per heavy atom. The first-order chi connectivity index (χ1) is 10.8. The van der Waals surface area contributed by atoms with Crippen molar-refractivity contribution in [3.05, 3.63) is 64.7 Å². The molecule has 0 amide bonds. The fourth-order valence-electron chi connectivity index (χ4n) is 2.89. The second-order valence-electron chi connectivity index (χ2n) is 5.54. The zero-order valence-corrected chi connectivity index (χ0v) is 13.1. The highest BCUT2D eigenvalue weighted by atomic mass is 35.5. The Bertz CT molecular complexity index is 672. The average Bonchev–Trinajstić information content (AvgIpc) is 3.08. The summed E-state index contributed by atoms with van der Waals surface area (Å²) in [6, 6.07) is 18.7. The summed E-state index contributed by atoms with van der Waals surface area (Å²) < 4.78 is 0. The summed E-state index contributed by atoms with van der Waals surface area (Å²) in [7, 11) is 0. The molecule has 1 heterocycles. The van der Waals surface area contributed by atoms with Gasteiger partial charge in [-0.1, -0.05) is 41.9 Å². The van der Waals surface area contributed by atoms with Crippen molar-refractivity contribution in [1.82, 2.24) is 5.32 Å². The van der Waals surface area contributed by atoms with Crippen LogP contribution in [0.2, 0.25) is 5.02 Å². The Labute approximate surface area is 136 Å². The van der Waals surface area contributed by atoms with E-state index < -0.39 is 0 Å². The molecule has 1 atom stereocenters. The monoisotopic (exact) mass is 311 g/mol. The number of rotatable bonds is 4. The first-order valence-electron chi connectivity index (χ1n) is 7.49. The number of nitrogens with zero attached hydrogens (tertiary/aromatic N) is 2. The van der Waals surface area contributed by atoms with Crippen LogP contribution >= 0.6 is 11.6 Å². The third kappa shape index (κ3) is 3.24. The number of benzene rings is 2. The predicted octanol–water partition coefficient (Wildman–Crippen LogP) is 3.58. The van der Waals surface area contributed by atoms with Crippen LogP contribution in [-0.2, 0) is 6.54 Å². The van der Waals surface area contributed by atoms with Gasteiger partial charge in [0.1, 0.15) is 6.07 Å². The largest absolute Gasteiger partial charge is 0.363 e. The third-order valence-corrected chi connectivity index (χ3v) is 4.39. The lowest BCUT2D eigenvalue weighted by atomic mass is 10.1. The first kappa shape index (κ1) is 14.9. The summed E-state index contributed by atoms with van der Waals surface area (Å²) in [5.41, 5.74) is 2.87. The summed E-state index contributed by atoms with van der Waals surface area (Å²) >= 11 is 6.22. The molecular weight excluding hydrogens is 294 g/mol. The van der Waals surface area contributed by atoms with Gasteiger partial charge in [-0.05, 0) is 36.7 Å². The smallest absolute Gasteiger partial charge is 0.101 e. The maximum absolute atomic E-state index is 9.04. The Kier molecular flexibility index (Phi) is 4.62. The van der Waals surface area contributed by atoms with E-state index in [4.69, 9.17) is 16.9 Å². The molecule has 1 fully saturated rings. The topological polar surface area (TPSA) is 39.1 Å². The molecule has 3 nitrogen and oxygen atoms in total. The molecule has 1 aliphatic heterocycles. The Hall–Kier alpha value is -2.02. The van der Waals surface area contributed by atoms with Gasteiger partial charge in [-0.3, -0.25) is 0 Å². The molecule has 0 saturated carbocycles. The average molecular weight is 312 g/mol. The lowest BCUT2D eigenvalue weighted by molar-refractivity contribution is 0.631. The molecule has 0 bridgehead atoms. The Morgan fingerprint density at radius 1 is 1.23 bits per heavy atom. The normalized spacial score (nSPS) is 17.2. The zero-order chi connectivity index (χ0) is 15.4. The van der Waals surface area contributed by atoms with Crippen molar-refractivity contribution in [3.63, 3.8) is 0 Å². The van der Waals surface area contributed by atoms with E-state index in [1.807, 2.05) is 18.2 Å². The summed E-state index contributed by atoms with van der Waals surface area (Å²) in [5, 5.41) is 13.0. The highest BCUT2D eigenvalue weighted by Gasteiger charge is 2.23. The van der Waals surface area contributed by atoms with Gasteiger partial charge in [0.15, 0.2) is 0 Å². The van der Waals surface area contributed by atoms with E-state index in [1.165, 1.54) is 5.56 Å². The van der Waals surface area contributed by atoms with Crippen LogP contribution in [0.1, 0.15) is 17.5 Å². The van der Waals surface area contributed by atoms with Crippen LogP contribution in [0.15, 0.2) is 48.5 Å². The van der Waals surface area contributed by atoms with E-state index >= 15 is 0 Å². The van der Waals surface area contributed by atoms with Gasteiger partial charge >= 0.3 is 0 Å². The highest BCUT2D eigenvalue weighted by molar-refractivity contribution is 6.32. The van der Waals surface area contributed by atoms with Crippen molar-refractivity contribution < 1.29 is 0 Å². The summed E-state index contributed by atoms with van der Waals surface area (Å²) in [6.45, 7) is 2.86. The van der Waals surface area contributed by atoms with Gasteiger partial charge in [-0.25, -0.2) is 0 Å². The SMILES string of the molecule is N#Cc1ccc(N(Cc2ccccc2)[C@H]2CCNC2)cc1Cl. The molecule has 2 aromatic carbocycles. The van der Waals surface area contributed by atoms with E-state index in [-0.39, 0.29) is 0 Å². The minimum Gasteiger partial charge on any atom is -0.363 e. The molecule has 0 radical (unpaired) electrons. The molecule has 1 aliphatic rings. The van der Waals surface area contributed by atoms with Crippen LogP contribution in [0, 0.1) is 11.3 Å². The Balaban J connectivity index is 1.91. The van der Waals surface area contributed by atoms with Crippen molar-refractivity contribution >= 4 is 17.3 Å². The number of nitrogens with one attached hydrogen (secondary N) is 1. The number of anilines is 1. The number of hydrogen-bond acceptors (Lipinski definition) is 3. The van der Waals surface area contributed by atoms with Gasteiger partial charge in [0.05, 0.1) is 10.6 Å². The molecule has 1 saturated heterocycles. The van der Waals surface area contributed by atoms with Gasteiger partial charge in [0.2, 0.25) is 0 Å². The highest BCUT2D eigenvalue weighted by Crippen LogP contribution is 2.27. The molecule has 0 aliphatic carbocycles. The van der Waals surface area contributed by atoms with Crippen molar-refractivity contribution in [2.45, 2.75) is 19.0 Å². The quantitative estimate of drug-likeness (QED) is 0.938. The number of hydrogen-bond donors (Lipinski definition) is 1. The van der Waals surface area contributed by atoms with Crippen LogP contribution in [0.25, 0.3) is 0 Å². The molecule has 0 aromatic heterocycles. The van der Waals surface area contributed by atoms with Gasteiger partial charge in [0, 0.05) is 24.8 Å². The Morgan fingerprint density at radius 3 is 2.68 bits per heavy atom. The molecule has 3 rings (SSSR count). The van der Waals surface area contributed by atoms with E-state index in [0.717, 1.165) is 31.7 Å². The fraction of sp³-hybridized carbons (Fsp3) is 0.278. The molecule has 0 spiro atoms. The molecule has 2 aromatic rings. The van der Waals surface area contributed by atoms with Crippen LogP contribution in [0.5, 0.6) is 0 Å². The van der Waals surface area contributed by atoms with E-state index in [1.54, 1.807) is 6.07 Å². The zero-order valence-electron chi connectivity index (χ0n) is 12.3. The first-order valence-corrected chi connectivity index (χ1v) is 7.86. The molecule has 112 valence electrons. The van der Waals surface area contributed by atoms with Gasteiger partial charge < -0.3 is 10.2 Å². The lowest BCUT2D eigenvalue weighted by Gasteiger charge is -2.31. The molecular formula is C18H18ClN3. The van der Waals surface area contributed by atoms with Gasteiger partial charge in [-0.2, -0.15) is 5.26 Å². The number of nitriles is 1. The predicted molar refractivity (Wildman–Crippen MR) is 90.1 cm³/mol. The minimum atomic E-state index is 0.448. The third-order valence-electron chi connectivity index (χ3n) is 4.08. The van der Waals surface area contributed by atoms with E-state index in [0.29, 0.717) is 16.6 Å². The van der Waals surface area contributed by atoms with Crippen molar-refractivity contribution in [1.29, 1.82) is 5.26 Å². The van der Waals surface area contributed by atoms with Crippen molar-refractivity contribution in [2.24, 2.45) is 0 Å². The summed E-state index contributed by atoms with van der Waals surface area (Å²) in [6.07, 6.45) is 1.12. The van der Waals surface area contributed by atoms with Crippen molar-refractivity contribution in [2.75, 3.05) is 18.0 Å². The lowest BCUT2D eigenvalue weighted by Crippen LogP contribution is -2.36. The second kappa shape index (κ2) is 6.83. The molecule has 0 unspecified atom stereocenters. The molecule has 1 N–H and O–H groups in total. The maximum atomic E-state index is 9.04. The van der Waals surface area contributed by atoms with Crippen LogP contribution < -0.4 is 10.2 Å².